The zero-order valence-electron chi connectivity index (χ0n) is 12.9. The second kappa shape index (κ2) is 7.31. The van der Waals surface area contributed by atoms with Crippen LogP contribution in [0.25, 0.3) is 0 Å². The number of nitrogens with two attached hydrogens (primary N) is 1. The molecule has 21 heavy (non-hydrogen) atoms. The molecule has 1 aliphatic carbocycles. The maximum atomic E-state index is 12.0. The number of nitrogen functional groups attached to an aromatic ring is 1. The van der Waals surface area contributed by atoms with Gasteiger partial charge < -0.3 is 20.7 Å². The fourth-order valence-electron chi connectivity index (χ4n) is 2.65. The number of nitrogens with one attached hydrogen (secondary N) is 1. The van der Waals surface area contributed by atoms with Crippen LogP contribution in [0.2, 0.25) is 0 Å². The van der Waals surface area contributed by atoms with E-state index in [0.717, 1.165) is 18.5 Å². The molecule has 2 rings (SSSR count). The molecular formula is C16H25N3O2. The Morgan fingerprint density at radius 2 is 2.10 bits per heavy atom. The van der Waals surface area contributed by atoms with E-state index in [2.05, 4.69) is 5.32 Å². The number of amides is 1. The second-order valence-electron chi connectivity index (χ2n) is 5.70. The van der Waals surface area contributed by atoms with E-state index in [1.54, 1.807) is 12.1 Å². The van der Waals surface area contributed by atoms with Gasteiger partial charge in [-0.05, 0) is 31.0 Å². The number of carbonyl (C=O) groups is 1. The van der Waals surface area contributed by atoms with Gasteiger partial charge in [-0.25, -0.2) is 0 Å². The molecule has 1 amide bonds. The predicted octanol–water partition coefficient (Wildman–Crippen LogP) is 2.02. The first-order chi connectivity index (χ1) is 10.1. The van der Waals surface area contributed by atoms with E-state index >= 15 is 0 Å². The largest absolute Gasteiger partial charge is 0.397 e. The Kier molecular flexibility index (Phi) is 5.44. The third-order valence-corrected chi connectivity index (χ3v) is 3.81. The third kappa shape index (κ3) is 4.36. The number of carbonyl (C=O) groups excluding carboxylic acids is 1. The first kappa shape index (κ1) is 15.6. The van der Waals surface area contributed by atoms with Crippen molar-refractivity contribution in [2.45, 2.75) is 31.8 Å². The van der Waals surface area contributed by atoms with E-state index in [9.17, 15) is 4.79 Å². The van der Waals surface area contributed by atoms with Gasteiger partial charge >= 0.3 is 0 Å². The molecular weight excluding hydrogens is 266 g/mol. The first-order valence-corrected chi connectivity index (χ1v) is 7.54. The van der Waals surface area contributed by atoms with Gasteiger partial charge in [-0.3, -0.25) is 4.79 Å². The van der Waals surface area contributed by atoms with Crippen molar-refractivity contribution < 1.29 is 9.53 Å². The number of rotatable bonds is 6. The van der Waals surface area contributed by atoms with Gasteiger partial charge in [0, 0.05) is 26.2 Å². The zero-order valence-corrected chi connectivity index (χ0v) is 12.9. The zero-order chi connectivity index (χ0) is 15.2. The molecule has 0 unspecified atom stereocenters. The summed E-state index contributed by atoms with van der Waals surface area (Å²) in [6.45, 7) is 1.10. The summed E-state index contributed by atoms with van der Waals surface area (Å²) < 4.78 is 5.72. The molecule has 1 fully saturated rings. The van der Waals surface area contributed by atoms with Crippen LogP contribution < -0.4 is 16.0 Å². The highest BCUT2D eigenvalue weighted by molar-refractivity contribution is 5.96. The van der Waals surface area contributed by atoms with Gasteiger partial charge in [0.05, 0.1) is 24.1 Å². The van der Waals surface area contributed by atoms with Gasteiger partial charge in [-0.1, -0.05) is 12.8 Å². The van der Waals surface area contributed by atoms with Gasteiger partial charge in [0.15, 0.2) is 0 Å². The topological polar surface area (TPSA) is 67.6 Å². The Bertz CT molecular complexity index is 482. The Labute approximate surface area is 126 Å². The Hall–Kier alpha value is -1.75. The van der Waals surface area contributed by atoms with E-state index in [4.69, 9.17) is 10.5 Å². The summed E-state index contributed by atoms with van der Waals surface area (Å²) >= 11 is 0. The molecule has 0 heterocycles. The van der Waals surface area contributed by atoms with Gasteiger partial charge in [0.1, 0.15) is 0 Å². The van der Waals surface area contributed by atoms with Crippen LogP contribution in [0.15, 0.2) is 18.2 Å². The van der Waals surface area contributed by atoms with Gasteiger partial charge in [-0.2, -0.15) is 0 Å². The van der Waals surface area contributed by atoms with Crippen LogP contribution in [-0.2, 0) is 4.74 Å². The highest BCUT2D eigenvalue weighted by atomic mass is 16.5. The van der Waals surface area contributed by atoms with E-state index in [1.807, 2.05) is 25.1 Å². The summed E-state index contributed by atoms with van der Waals surface area (Å²) in [6, 6.07) is 5.36. The fourth-order valence-corrected chi connectivity index (χ4v) is 2.65. The molecule has 0 saturated heterocycles. The molecule has 5 nitrogen and oxygen atoms in total. The number of anilines is 2. The minimum Gasteiger partial charge on any atom is -0.397 e. The van der Waals surface area contributed by atoms with Crippen molar-refractivity contribution in [2.24, 2.45) is 0 Å². The van der Waals surface area contributed by atoms with E-state index in [0.29, 0.717) is 30.5 Å². The fraction of sp³-hybridized carbons (Fsp3) is 0.562. The summed E-state index contributed by atoms with van der Waals surface area (Å²) in [7, 11) is 3.84. The van der Waals surface area contributed by atoms with Crippen molar-refractivity contribution in [3.63, 3.8) is 0 Å². The van der Waals surface area contributed by atoms with Crippen molar-refractivity contribution in [1.82, 2.24) is 5.32 Å². The van der Waals surface area contributed by atoms with Crippen molar-refractivity contribution in [2.75, 3.05) is 37.9 Å². The van der Waals surface area contributed by atoms with Crippen LogP contribution in [0.3, 0.4) is 0 Å². The SMILES string of the molecule is CN(C)c1ccc(C(=O)NCCOC2CCCC2)cc1N. The lowest BCUT2D eigenvalue weighted by molar-refractivity contribution is 0.0582. The molecule has 0 atom stereocenters. The number of hydrogen-bond donors (Lipinski definition) is 2. The lowest BCUT2D eigenvalue weighted by atomic mass is 10.1. The molecule has 0 aromatic heterocycles. The molecule has 1 aliphatic rings. The van der Waals surface area contributed by atoms with Crippen LogP contribution in [0.5, 0.6) is 0 Å². The Morgan fingerprint density at radius 1 is 1.38 bits per heavy atom. The summed E-state index contributed by atoms with van der Waals surface area (Å²) in [5.41, 5.74) is 8.05. The quantitative estimate of drug-likeness (QED) is 0.621. The first-order valence-electron chi connectivity index (χ1n) is 7.54. The minimum absolute atomic E-state index is 0.109. The molecule has 5 heteroatoms. The predicted molar refractivity (Wildman–Crippen MR) is 85.7 cm³/mol. The van der Waals surface area contributed by atoms with Crippen molar-refractivity contribution in [1.29, 1.82) is 0 Å². The van der Waals surface area contributed by atoms with Crippen LogP contribution in [0.1, 0.15) is 36.0 Å². The monoisotopic (exact) mass is 291 g/mol. The number of hydrogen-bond acceptors (Lipinski definition) is 4. The van der Waals surface area contributed by atoms with Crippen LogP contribution in [-0.4, -0.2) is 39.3 Å². The average molecular weight is 291 g/mol. The number of ether oxygens (including phenoxy) is 1. The smallest absolute Gasteiger partial charge is 0.251 e. The highest BCUT2D eigenvalue weighted by Crippen LogP contribution is 2.22. The van der Waals surface area contributed by atoms with E-state index < -0.39 is 0 Å². The van der Waals surface area contributed by atoms with Crippen molar-refractivity contribution in [3.8, 4) is 0 Å². The van der Waals surface area contributed by atoms with Gasteiger partial charge in [0.2, 0.25) is 0 Å². The molecule has 0 spiro atoms. The van der Waals surface area contributed by atoms with Crippen LogP contribution >= 0.6 is 0 Å². The normalized spacial score (nSPS) is 15.1. The second-order valence-corrected chi connectivity index (χ2v) is 5.70. The summed E-state index contributed by atoms with van der Waals surface area (Å²) in [4.78, 5) is 14.0. The number of nitrogens with zero attached hydrogens (tertiary/aromatic N) is 1. The van der Waals surface area contributed by atoms with Crippen molar-refractivity contribution >= 4 is 17.3 Å². The van der Waals surface area contributed by atoms with E-state index in [-0.39, 0.29) is 5.91 Å². The Morgan fingerprint density at radius 3 is 2.71 bits per heavy atom. The maximum Gasteiger partial charge on any atom is 0.251 e. The summed E-state index contributed by atoms with van der Waals surface area (Å²) in [6.07, 6.45) is 5.20. The molecule has 0 aliphatic heterocycles. The average Bonchev–Trinajstić information content (AvgIpc) is 2.96. The maximum absolute atomic E-state index is 12.0. The molecule has 0 radical (unpaired) electrons. The molecule has 3 N–H and O–H groups in total. The van der Waals surface area contributed by atoms with Gasteiger partial charge in [-0.15, -0.1) is 0 Å². The summed E-state index contributed by atoms with van der Waals surface area (Å²) in [5.74, 6) is -0.109. The molecule has 1 aromatic rings. The number of benzene rings is 1. The molecule has 1 saturated carbocycles. The minimum atomic E-state index is -0.109. The molecule has 1 aromatic carbocycles. The molecule has 0 bridgehead atoms. The van der Waals surface area contributed by atoms with E-state index in [1.165, 1.54) is 12.8 Å². The summed E-state index contributed by atoms with van der Waals surface area (Å²) in [5, 5.41) is 2.87. The lowest BCUT2D eigenvalue weighted by Crippen LogP contribution is -2.28. The van der Waals surface area contributed by atoms with Crippen LogP contribution in [0.4, 0.5) is 11.4 Å². The lowest BCUT2D eigenvalue weighted by Gasteiger charge is -2.16. The van der Waals surface area contributed by atoms with Crippen molar-refractivity contribution in [3.05, 3.63) is 23.8 Å². The molecule has 116 valence electrons. The highest BCUT2D eigenvalue weighted by Gasteiger charge is 2.15. The third-order valence-electron chi connectivity index (χ3n) is 3.81. The Balaban J connectivity index is 1.78. The van der Waals surface area contributed by atoms with Crippen LogP contribution in [0, 0.1) is 0 Å². The standard InChI is InChI=1S/C16H25N3O2/c1-19(2)15-8-7-12(11-14(15)17)16(20)18-9-10-21-13-5-3-4-6-13/h7-8,11,13H,3-6,9-10,17H2,1-2H3,(H,18,20). The van der Waals surface area contributed by atoms with Gasteiger partial charge in [0.25, 0.3) is 5.91 Å².